The van der Waals surface area contributed by atoms with Gasteiger partial charge in [-0.2, -0.15) is 0 Å². The second-order valence-electron chi connectivity index (χ2n) is 6.95. The third-order valence-electron chi connectivity index (χ3n) is 5.21. The van der Waals surface area contributed by atoms with Gasteiger partial charge in [0.2, 0.25) is 0 Å². The second kappa shape index (κ2) is 8.46. The van der Waals surface area contributed by atoms with E-state index in [1.165, 1.54) is 38.8 Å². The van der Waals surface area contributed by atoms with Gasteiger partial charge in [-0.1, -0.05) is 73.5 Å². The van der Waals surface area contributed by atoms with Crippen molar-refractivity contribution in [3.8, 4) is 0 Å². The smallest absolute Gasteiger partial charge is 0.115 e. The lowest BCUT2D eigenvalue weighted by Crippen LogP contribution is -2.31. The molecule has 1 fully saturated rings. The van der Waals surface area contributed by atoms with Crippen LogP contribution in [0.4, 0.5) is 0 Å². The van der Waals surface area contributed by atoms with Gasteiger partial charge in [0.1, 0.15) is 5.60 Å². The first-order valence-corrected chi connectivity index (χ1v) is 9.35. The molecule has 1 saturated heterocycles. The van der Waals surface area contributed by atoms with Gasteiger partial charge in [-0.25, -0.2) is 0 Å². The Kier molecular flexibility index (Phi) is 6.06. The van der Waals surface area contributed by atoms with Crippen molar-refractivity contribution < 1.29 is 5.11 Å². The van der Waals surface area contributed by atoms with E-state index in [0.717, 1.165) is 30.5 Å². The first-order chi connectivity index (χ1) is 11.8. The zero-order valence-corrected chi connectivity index (χ0v) is 14.5. The third kappa shape index (κ3) is 4.25. The monoisotopic (exact) mass is 323 g/mol. The molecule has 2 aromatic carbocycles. The fraction of sp³-hybridized carbons (Fsp3) is 0.455. The van der Waals surface area contributed by atoms with Crippen LogP contribution in [-0.4, -0.2) is 29.6 Å². The molecule has 0 radical (unpaired) electrons. The van der Waals surface area contributed by atoms with Crippen molar-refractivity contribution in [2.75, 3.05) is 19.6 Å². The van der Waals surface area contributed by atoms with Crippen molar-refractivity contribution in [3.05, 3.63) is 71.8 Å². The fourth-order valence-corrected chi connectivity index (χ4v) is 3.80. The minimum Gasteiger partial charge on any atom is -0.380 e. The van der Waals surface area contributed by atoms with Gasteiger partial charge in [-0.05, 0) is 56.4 Å². The highest BCUT2D eigenvalue weighted by molar-refractivity contribution is 5.35. The molecular formula is C22H29NO. The summed E-state index contributed by atoms with van der Waals surface area (Å²) in [5.41, 5.74) is 1.09. The van der Waals surface area contributed by atoms with Crippen molar-refractivity contribution in [2.24, 2.45) is 0 Å². The molecule has 0 aromatic heterocycles. The molecule has 0 spiro atoms. The van der Waals surface area contributed by atoms with Gasteiger partial charge >= 0.3 is 0 Å². The third-order valence-corrected chi connectivity index (χ3v) is 5.21. The lowest BCUT2D eigenvalue weighted by atomic mass is 9.82. The Morgan fingerprint density at radius 3 is 1.75 bits per heavy atom. The Hall–Kier alpha value is -1.64. The fourth-order valence-electron chi connectivity index (χ4n) is 3.80. The van der Waals surface area contributed by atoms with Crippen molar-refractivity contribution in [2.45, 2.75) is 44.1 Å². The lowest BCUT2D eigenvalue weighted by molar-refractivity contribution is 0.0649. The van der Waals surface area contributed by atoms with Crippen molar-refractivity contribution in [1.29, 1.82) is 0 Å². The topological polar surface area (TPSA) is 23.5 Å². The molecule has 1 heterocycles. The number of benzene rings is 2. The van der Waals surface area contributed by atoms with E-state index in [0.29, 0.717) is 0 Å². The van der Waals surface area contributed by atoms with E-state index in [1.807, 2.05) is 60.7 Å². The van der Waals surface area contributed by atoms with Crippen LogP contribution in [0.25, 0.3) is 0 Å². The minimum absolute atomic E-state index is 0.761. The molecule has 0 saturated carbocycles. The average molecular weight is 323 g/mol. The normalized spacial score (nSPS) is 16.7. The maximum atomic E-state index is 11.5. The molecule has 2 nitrogen and oxygen atoms in total. The predicted molar refractivity (Wildman–Crippen MR) is 100 cm³/mol. The van der Waals surface area contributed by atoms with Crippen molar-refractivity contribution >= 4 is 0 Å². The SMILES string of the molecule is OC(CCCN1CCCCCC1)(c1ccccc1)c1ccccc1. The van der Waals surface area contributed by atoms with E-state index in [-0.39, 0.29) is 0 Å². The summed E-state index contributed by atoms with van der Waals surface area (Å²) >= 11 is 0. The molecule has 2 aromatic rings. The van der Waals surface area contributed by atoms with Crippen LogP contribution in [0.3, 0.4) is 0 Å². The summed E-state index contributed by atoms with van der Waals surface area (Å²) in [6.45, 7) is 3.52. The van der Waals surface area contributed by atoms with Crippen LogP contribution in [0.1, 0.15) is 49.7 Å². The molecule has 1 aliphatic heterocycles. The molecule has 3 rings (SSSR count). The van der Waals surface area contributed by atoms with Crippen LogP contribution in [0.5, 0.6) is 0 Å². The predicted octanol–water partition coefficient (Wildman–Crippen LogP) is 4.58. The molecule has 0 bridgehead atoms. The summed E-state index contributed by atoms with van der Waals surface area (Å²) in [6.07, 6.45) is 7.16. The molecule has 0 aliphatic carbocycles. The molecule has 0 atom stereocenters. The molecule has 24 heavy (non-hydrogen) atoms. The first kappa shape index (κ1) is 17.2. The highest BCUT2D eigenvalue weighted by atomic mass is 16.3. The lowest BCUT2D eigenvalue weighted by Gasteiger charge is -2.30. The van der Waals surface area contributed by atoms with E-state index in [1.54, 1.807) is 0 Å². The standard InChI is InChI=1S/C22H29NO/c24-22(20-12-5-3-6-13-20,21-14-7-4-8-15-21)16-11-19-23-17-9-1-2-10-18-23/h3-8,12-15,24H,1-2,9-11,16-19H2. The Bertz CT molecular complexity index is 548. The Balaban J connectivity index is 1.71. The quantitative estimate of drug-likeness (QED) is 0.841. The van der Waals surface area contributed by atoms with Crippen LogP contribution < -0.4 is 0 Å². The molecule has 1 aliphatic rings. The van der Waals surface area contributed by atoms with Crippen LogP contribution in [0, 0.1) is 0 Å². The zero-order chi connectivity index (χ0) is 16.7. The zero-order valence-electron chi connectivity index (χ0n) is 14.5. The Labute approximate surface area is 146 Å². The number of aliphatic hydroxyl groups is 1. The van der Waals surface area contributed by atoms with Gasteiger partial charge in [0.05, 0.1) is 0 Å². The summed E-state index contributed by atoms with van der Waals surface area (Å²) < 4.78 is 0. The van der Waals surface area contributed by atoms with E-state index < -0.39 is 5.60 Å². The molecule has 0 amide bonds. The maximum absolute atomic E-state index is 11.5. The van der Waals surface area contributed by atoms with Gasteiger partial charge in [0.15, 0.2) is 0 Å². The largest absolute Gasteiger partial charge is 0.380 e. The summed E-state index contributed by atoms with van der Waals surface area (Å²) in [7, 11) is 0. The highest BCUT2D eigenvalue weighted by Crippen LogP contribution is 2.34. The van der Waals surface area contributed by atoms with Crippen LogP contribution in [-0.2, 0) is 5.60 Å². The van der Waals surface area contributed by atoms with Crippen LogP contribution >= 0.6 is 0 Å². The van der Waals surface area contributed by atoms with Gasteiger partial charge in [0.25, 0.3) is 0 Å². The van der Waals surface area contributed by atoms with Gasteiger partial charge < -0.3 is 10.0 Å². The second-order valence-corrected chi connectivity index (χ2v) is 6.95. The van der Waals surface area contributed by atoms with Crippen LogP contribution in [0.2, 0.25) is 0 Å². The van der Waals surface area contributed by atoms with Crippen molar-refractivity contribution in [3.63, 3.8) is 0 Å². The number of hydrogen-bond acceptors (Lipinski definition) is 2. The maximum Gasteiger partial charge on any atom is 0.115 e. The molecule has 0 unspecified atom stereocenters. The molecular weight excluding hydrogens is 294 g/mol. The highest BCUT2D eigenvalue weighted by Gasteiger charge is 2.30. The summed E-state index contributed by atoms with van der Waals surface area (Å²) in [6, 6.07) is 20.2. The number of hydrogen-bond donors (Lipinski definition) is 1. The minimum atomic E-state index is -0.894. The first-order valence-electron chi connectivity index (χ1n) is 9.35. The summed E-state index contributed by atoms with van der Waals surface area (Å²) in [4.78, 5) is 2.57. The molecule has 2 heteroatoms. The Morgan fingerprint density at radius 2 is 1.25 bits per heavy atom. The molecule has 1 N–H and O–H groups in total. The van der Waals surface area contributed by atoms with Crippen LogP contribution in [0.15, 0.2) is 60.7 Å². The van der Waals surface area contributed by atoms with E-state index in [4.69, 9.17) is 0 Å². The van der Waals surface area contributed by atoms with E-state index in [9.17, 15) is 5.11 Å². The van der Waals surface area contributed by atoms with E-state index in [2.05, 4.69) is 4.90 Å². The summed E-state index contributed by atoms with van der Waals surface area (Å²) in [5.74, 6) is 0. The Morgan fingerprint density at radius 1 is 0.750 bits per heavy atom. The van der Waals surface area contributed by atoms with Gasteiger partial charge in [0, 0.05) is 0 Å². The molecule has 128 valence electrons. The number of rotatable bonds is 6. The van der Waals surface area contributed by atoms with E-state index >= 15 is 0 Å². The number of nitrogens with zero attached hydrogens (tertiary/aromatic N) is 1. The van der Waals surface area contributed by atoms with Crippen molar-refractivity contribution in [1.82, 2.24) is 4.90 Å². The average Bonchev–Trinajstić information content (AvgIpc) is 2.92. The van der Waals surface area contributed by atoms with Gasteiger partial charge in [-0.3, -0.25) is 0 Å². The van der Waals surface area contributed by atoms with Gasteiger partial charge in [-0.15, -0.1) is 0 Å². The summed E-state index contributed by atoms with van der Waals surface area (Å²) in [5, 5.41) is 11.5. The number of likely N-dealkylation sites (tertiary alicyclic amines) is 1.